The van der Waals surface area contributed by atoms with Crippen LogP contribution in [0.5, 0.6) is 0 Å². The number of ether oxygens (including phenoxy) is 1. The van der Waals surface area contributed by atoms with Crippen molar-refractivity contribution in [3.05, 3.63) is 11.6 Å². The molecule has 9 heteroatoms. The van der Waals surface area contributed by atoms with Gasteiger partial charge in [-0.3, -0.25) is 14.4 Å². The number of nitrogens with one attached hydrogen (secondary N) is 2. The van der Waals surface area contributed by atoms with E-state index in [9.17, 15) is 14.4 Å². The molecule has 8 nitrogen and oxygen atoms in total. The van der Waals surface area contributed by atoms with Crippen LogP contribution in [-0.4, -0.2) is 59.4 Å². The minimum atomic E-state index is -0.253. The van der Waals surface area contributed by atoms with Crippen molar-refractivity contribution in [3.63, 3.8) is 0 Å². The second-order valence-electron chi connectivity index (χ2n) is 7.70. The van der Waals surface area contributed by atoms with Crippen LogP contribution in [0.2, 0.25) is 0 Å². The molecule has 1 aromatic rings. The number of hydrogen-bond donors (Lipinski definition) is 2. The quantitative estimate of drug-likeness (QED) is 0.636. The van der Waals surface area contributed by atoms with Crippen molar-refractivity contribution in [2.24, 2.45) is 0 Å². The van der Waals surface area contributed by atoms with Gasteiger partial charge in [0.2, 0.25) is 17.7 Å². The normalized spacial score (nSPS) is 19.7. The number of nitrogens with zero attached hydrogens (tertiary/aromatic N) is 2. The topological polar surface area (TPSA) is 101 Å². The zero-order valence-electron chi connectivity index (χ0n) is 16.7. The number of carbonyl (C=O) groups is 3. The van der Waals surface area contributed by atoms with Gasteiger partial charge in [0, 0.05) is 43.6 Å². The number of hydrogen-bond acceptors (Lipinski definition) is 6. The zero-order valence-corrected chi connectivity index (χ0v) is 17.5. The van der Waals surface area contributed by atoms with Crippen LogP contribution in [0.25, 0.3) is 0 Å². The number of thiazole rings is 1. The number of aromatic nitrogens is 1. The lowest BCUT2D eigenvalue weighted by Crippen LogP contribution is -2.47. The first-order chi connectivity index (χ1) is 14.1. The fourth-order valence-corrected chi connectivity index (χ4v) is 4.37. The van der Waals surface area contributed by atoms with Crippen LogP contribution in [0, 0.1) is 0 Å². The summed E-state index contributed by atoms with van der Waals surface area (Å²) in [5.74, 6) is -0.582. The molecule has 0 radical (unpaired) electrons. The molecule has 3 amide bonds. The monoisotopic (exact) mass is 422 g/mol. The summed E-state index contributed by atoms with van der Waals surface area (Å²) < 4.78 is 5.65. The Labute approximate surface area is 175 Å². The van der Waals surface area contributed by atoms with Gasteiger partial charge < -0.3 is 20.3 Å². The highest BCUT2D eigenvalue weighted by Gasteiger charge is 2.26. The Balaban J connectivity index is 1.49. The Kier molecular flexibility index (Phi) is 8.42. The summed E-state index contributed by atoms with van der Waals surface area (Å²) >= 11 is 1.33. The molecule has 2 N–H and O–H groups in total. The van der Waals surface area contributed by atoms with Gasteiger partial charge in [-0.05, 0) is 25.7 Å². The molecular formula is C20H30N4O4S. The van der Waals surface area contributed by atoms with Crippen molar-refractivity contribution in [1.29, 1.82) is 0 Å². The van der Waals surface area contributed by atoms with Gasteiger partial charge in [-0.2, -0.15) is 0 Å². The van der Waals surface area contributed by atoms with Gasteiger partial charge in [-0.1, -0.05) is 19.3 Å². The fraction of sp³-hybridized carbons (Fsp3) is 0.700. The van der Waals surface area contributed by atoms with E-state index in [0.29, 0.717) is 18.3 Å². The molecule has 0 bridgehead atoms. The standard InChI is InChI=1S/C20H30N4O4S/c25-17(23-20-21-10-12-29-20)8-9-19(27)24(13-16-7-4-11-28-16)14-18(26)22-15-5-2-1-3-6-15/h10,12,15-16H,1-9,11,13-14H2,(H,22,26)(H,21,23,25)/t16-/m1/s1. The van der Waals surface area contributed by atoms with E-state index in [2.05, 4.69) is 15.6 Å². The number of rotatable bonds is 9. The molecule has 1 aliphatic heterocycles. The van der Waals surface area contributed by atoms with E-state index in [1.165, 1.54) is 17.8 Å². The average molecular weight is 423 g/mol. The maximum Gasteiger partial charge on any atom is 0.239 e. The van der Waals surface area contributed by atoms with Gasteiger partial charge in [0.25, 0.3) is 0 Å². The van der Waals surface area contributed by atoms with Crippen molar-refractivity contribution < 1.29 is 19.1 Å². The van der Waals surface area contributed by atoms with E-state index in [0.717, 1.165) is 38.5 Å². The lowest BCUT2D eigenvalue weighted by atomic mass is 9.95. The zero-order chi connectivity index (χ0) is 20.5. The third-order valence-corrected chi connectivity index (χ3v) is 6.04. The summed E-state index contributed by atoms with van der Waals surface area (Å²) in [5.41, 5.74) is 0. The molecule has 3 rings (SSSR count). The first kappa shape index (κ1) is 21.7. The molecule has 1 aliphatic carbocycles. The Bertz CT molecular complexity index is 670. The molecule has 0 spiro atoms. The molecule has 2 heterocycles. The van der Waals surface area contributed by atoms with Crippen LogP contribution in [-0.2, 0) is 19.1 Å². The molecule has 2 fully saturated rings. The van der Waals surface area contributed by atoms with Crippen molar-refractivity contribution in [2.75, 3.05) is 25.0 Å². The lowest BCUT2D eigenvalue weighted by molar-refractivity contribution is -0.138. The van der Waals surface area contributed by atoms with Crippen LogP contribution in [0.15, 0.2) is 11.6 Å². The van der Waals surface area contributed by atoms with Crippen molar-refractivity contribution in [3.8, 4) is 0 Å². The summed E-state index contributed by atoms with van der Waals surface area (Å²) in [5, 5.41) is 8.03. The fourth-order valence-electron chi connectivity index (χ4n) is 3.83. The minimum Gasteiger partial charge on any atom is -0.376 e. The SMILES string of the molecule is O=C(CCC(=O)N(CC(=O)NC1CCCCC1)C[C@H]1CCCO1)Nc1nccs1. The largest absolute Gasteiger partial charge is 0.376 e. The Hall–Kier alpha value is -2.00. The second kappa shape index (κ2) is 11.3. The average Bonchev–Trinajstić information content (AvgIpc) is 3.40. The van der Waals surface area contributed by atoms with Crippen LogP contribution in [0.4, 0.5) is 5.13 Å². The maximum atomic E-state index is 12.8. The summed E-state index contributed by atoms with van der Waals surface area (Å²) in [7, 11) is 0. The summed E-state index contributed by atoms with van der Waals surface area (Å²) in [6.45, 7) is 1.10. The van der Waals surface area contributed by atoms with Gasteiger partial charge in [0.1, 0.15) is 0 Å². The molecule has 1 saturated carbocycles. The van der Waals surface area contributed by atoms with Crippen molar-refractivity contribution in [1.82, 2.24) is 15.2 Å². The third kappa shape index (κ3) is 7.40. The van der Waals surface area contributed by atoms with E-state index in [1.54, 1.807) is 16.5 Å². The van der Waals surface area contributed by atoms with E-state index >= 15 is 0 Å². The van der Waals surface area contributed by atoms with Crippen LogP contribution >= 0.6 is 11.3 Å². The van der Waals surface area contributed by atoms with Gasteiger partial charge in [-0.25, -0.2) is 4.98 Å². The lowest BCUT2D eigenvalue weighted by Gasteiger charge is -2.27. The smallest absolute Gasteiger partial charge is 0.239 e. The Morgan fingerprint density at radius 1 is 1.10 bits per heavy atom. The molecule has 0 aromatic carbocycles. The van der Waals surface area contributed by atoms with E-state index in [4.69, 9.17) is 4.74 Å². The Morgan fingerprint density at radius 3 is 2.62 bits per heavy atom. The van der Waals surface area contributed by atoms with E-state index in [1.807, 2.05) is 0 Å². The van der Waals surface area contributed by atoms with Crippen LogP contribution in [0.3, 0.4) is 0 Å². The molecule has 29 heavy (non-hydrogen) atoms. The van der Waals surface area contributed by atoms with E-state index in [-0.39, 0.29) is 49.3 Å². The molecule has 1 atom stereocenters. The number of carbonyl (C=O) groups excluding carboxylic acids is 3. The first-order valence-electron chi connectivity index (χ1n) is 10.5. The molecule has 2 aliphatic rings. The molecule has 1 saturated heterocycles. The van der Waals surface area contributed by atoms with Gasteiger partial charge in [0.05, 0.1) is 12.6 Å². The highest BCUT2D eigenvalue weighted by molar-refractivity contribution is 7.13. The van der Waals surface area contributed by atoms with Gasteiger partial charge in [0.15, 0.2) is 5.13 Å². The van der Waals surface area contributed by atoms with Gasteiger partial charge in [-0.15, -0.1) is 11.3 Å². The van der Waals surface area contributed by atoms with Crippen molar-refractivity contribution >= 4 is 34.2 Å². The van der Waals surface area contributed by atoms with E-state index < -0.39 is 0 Å². The Morgan fingerprint density at radius 2 is 1.93 bits per heavy atom. The number of anilines is 1. The summed E-state index contributed by atoms with van der Waals surface area (Å²) in [4.78, 5) is 42.9. The molecule has 0 unspecified atom stereocenters. The molecule has 1 aromatic heterocycles. The second-order valence-corrected chi connectivity index (χ2v) is 8.59. The summed E-state index contributed by atoms with van der Waals surface area (Å²) in [6.07, 6.45) is 9.05. The predicted molar refractivity (Wildman–Crippen MR) is 111 cm³/mol. The number of amides is 3. The van der Waals surface area contributed by atoms with Crippen LogP contribution in [0.1, 0.15) is 57.8 Å². The third-order valence-electron chi connectivity index (χ3n) is 5.35. The van der Waals surface area contributed by atoms with Gasteiger partial charge >= 0.3 is 0 Å². The predicted octanol–water partition coefficient (Wildman–Crippen LogP) is 2.32. The highest BCUT2D eigenvalue weighted by atomic mass is 32.1. The molecule has 160 valence electrons. The molecular weight excluding hydrogens is 392 g/mol. The summed E-state index contributed by atoms with van der Waals surface area (Å²) in [6, 6.07) is 0.208. The highest BCUT2D eigenvalue weighted by Crippen LogP contribution is 2.18. The first-order valence-corrected chi connectivity index (χ1v) is 11.4. The van der Waals surface area contributed by atoms with Crippen LogP contribution < -0.4 is 10.6 Å². The maximum absolute atomic E-state index is 12.8. The minimum absolute atomic E-state index is 0.0172. The van der Waals surface area contributed by atoms with Crippen molar-refractivity contribution in [2.45, 2.75) is 69.9 Å².